The van der Waals surface area contributed by atoms with Crippen molar-refractivity contribution in [1.29, 1.82) is 0 Å². The zero-order valence-corrected chi connectivity index (χ0v) is 15.5. The van der Waals surface area contributed by atoms with E-state index in [9.17, 15) is 0 Å². The molecule has 1 heterocycles. The van der Waals surface area contributed by atoms with E-state index < -0.39 is 0 Å². The Hall–Kier alpha value is -2.10. The largest absolute Gasteiger partial charge is 0.357 e. The molecule has 25 heavy (non-hydrogen) atoms. The number of anilines is 2. The van der Waals surface area contributed by atoms with Crippen LogP contribution in [0.3, 0.4) is 0 Å². The van der Waals surface area contributed by atoms with Gasteiger partial charge in [-0.15, -0.1) is 0 Å². The highest BCUT2D eigenvalue weighted by Crippen LogP contribution is 2.25. The van der Waals surface area contributed by atoms with E-state index in [1.54, 1.807) is 0 Å². The molecule has 1 aromatic heterocycles. The molecule has 0 spiro atoms. The van der Waals surface area contributed by atoms with Crippen LogP contribution in [0.25, 0.3) is 11.3 Å². The zero-order chi connectivity index (χ0) is 17.5. The van der Waals surface area contributed by atoms with Crippen molar-refractivity contribution in [2.24, 2.45) is 0 Å². The van der Waals surface area contributed by atoms with Gasteiger partial charge >= 0.3 is 0 Å². The van der Waals surface area contributed by atoms with Gasteiger partial charge in [0.25, 0.3) is 0 Å². The third-order valence-electron chi connectivity index (χ3n) is 5.06. The topological polar surface area (TPSA) is 41.1 Å². The Morgan fingerprint density at radius 2 is 1.64 bits per heavy atom. The molecule has 1 saturated carbocycles. The molecule has 0 radical (unpaired) electrons. The van der Waals surface area contributed by atoms with Crippen molar-refractivity contribution in [3.8, 4) is 11.3 Å². The summed E-state index contributed by atoms with van der Waals surface area (Å²) in [5.74, 6) is 1.78. The predicted octanol–water partition coefficient (Wildman–Crippen LogP) is 5.12. The molecule has 0 amide bonds. The first-order chi connectivity index (χ1) is 12.3. The van der Waals surface area contributed by atoms with Crippen molar-refractivity contribution in [3.63, 3.8) is 0 Å². The number of aromatic nitrogens is 2. The van der Waals surface area contributed by atoms with Gasteiger partial charge in [0.05, 0.1) is 5.69 Å². The molecule has 0 unspecified atom stereocenters. The minimum atomic E-state index is 0.498. The highest BCUT2D eigenvalue weighted by Gasteiger charge is 2.16. The normalized spacial score (nSPS) is 15.6. The second-order valence-corrected chi connectivity index (χ2v) is 6.81. The average molecular weight is 338 g/mol. The molecule has 1 aliphatic rings. The van der Waals surface area contributed by atoms with Crippen LogP contribution in [0.5, 0.6) is 0 Å². The molecular weight excluding hydrogens is 308 g/mol. The zero-order valence-electron chi connectivity index (χ0n) is 15.5. The maximum absolute atomic E-state index is 4.83. The molecule has 1 aromatic carbocycles. The van der Waals surface area contributed by atoms with E-state index in [0.717, 1.165) is 36.1 Å². The van der Waals surface area contributed by atoms with Crippen molar-refractivity contribution >= 4 is 11.8 Å². The van der Waals surface area contributed by atoms with Crippen molar-refractivity contribution < 1.29 is 0 Å². The minimum Gasteiger partial charge on any atom is -0.357 e. The highest BCUT2D eigenvalue weighted by molar-refractivity contribution is 5.64. The maximum atomic E-state index is 4.83. The van der Waals surface area contributed by atoms with Crippen LogP contribution >= 0.6 is 0 Å². The van der Waals surface area contributed by atoms with Crippen LogP contribution in [-0.4, -0.2) is 29.1 Å². The number of rotatable bonds is 6. The second-order valence-electron chi connectivity index (χ2n) is 6.81. The first kappa shape index (κ1) is 17.7. The van der Waals surface area contributed by atoms with Crippen LogP contribution in [0.1, 0.15) is 52.4 Å². The lowest BCUT2D eigenvalue weighted by Gasteiger charge is -2.23. The van der Waals surface area contributed by atoms with E-state index in [2.05, 4.69) is 54.4 Å². The number of hydrogen-bond donors (Lipinski definition) is 1. The molecule has 1 fully saturated rings. The number of hydrogen-bond acceptors (Lipinski definition) is 4. The van der Waals surface area contributed by atoms with Gasteiger partial charge in [0.2, 0.25) is 5.95 Å². The summed E-state index contributed by atoms with van der Waals surface area (Å²) in [5, 5.41) is 3.63. The lowest BCUT2D eigenvalue weighted by Crippen LogP contribution is -2.25. The maximum Gasteiger partial charge on any atom is 0.225 e. The smallest absolute Gasteiger partial charge is 0.225 e. The monoisotopic (exact) mass is 338 g/mol. The van der Waals surface area contributed by atoms with Gasteiger partial charge in [0.1, 0.15) is 5.82 Å². The molecule has 0 saturated heterocycles. The summed E-state index contributed by atoms with van der Waals surface area (Å²) in [7, 11) is 0. The fourth-order valence-corrected chi connectivity index (χ4v) is 3.57. The Kier molecular flexibility index (Phi) is 6.26. The van der Waals surface area contributed by atoms with Gasteiger partial charge in [-0.1, -0.05) is 56.0 Å². The average Bonchev–Trinajstić information content (AvgIpc) is 2.92. The Bertz CT molecular complexity index is 644. The molecule has 3 rings (SSSR count). The minimum absolute atomic E-state index is 0.498. The van der Waals surface area contributed by atoms with Crippen LogP contribution in [0, 0.1) is 0 Å². The molecular formula is C21H30N4. The molecule has 0 bridgehead atoms. The molecule has 0 aliphatic heterocycles. The van der Waals surface area contributed by atoms with Gasteiger partial charge in [0.15, 0.2) is 0 Å². The molecule has 4 heteroatoms. The van der Waals surface area contributed by atoms with Gasteiger partial charge in [-0.25, -0.2) is 4.98 Å². The summed E-state index contributed by atoms with van der Waals surface area (Å²) in [6.45, 7) is 6.24. The molecule has 4 nitrogen and oxygen atoms in total. The standard InChI is InChI=1S/C21H30N4/c1-3-25(4-2)20-16-19(17-12-8-7-9-13-17)23-21(24-20)22-18-14-10-5-6-11-15-18/h7-9,12-13,16,18H,3-6,10-11,14-15H2,1-2H3,(H,22,23,24). The van der Waals surface area contributed by atoms with E-state index in [1.807, 2.05) is 6.07 Å². The second kappa shape index (κ2) is 8.84. The Balaban J connectivity index is 1.91. The molecule has 0 atom stereocenters. The van der Waals surface area contributed by atoms with Gasteiger partial charge in [-0.3, -0.25) is 0 Å². The van der Waals surface area contributed by atoms with Gasteiger partial charge in [-0.2, -0.15) is 4.98 Å². The SMILES string of the molecule is CCN(CC)c1cc(-c2ccccc2)nc(NC2CCCCCC2)n1. The van der Waals surface area contributed by atoms with Crippen LogP contribution in [0.15, 0.2) is 36.4 Å². The summed E-state index contributed by atoms with van der Waals surface area (Å²) in [5.41, 5.74) is 2.14. The quantitative estimate of drug-likeness (QED) is 0.742. The summed E-state index contributed by atoms with van der Waals surface area (Å²) in [6, 6.07) is 13.0. The van der Waals surface area contributed by atoms with Crippen LogP contribution in [0.2, 0.25) is 0 Å². The molecule has 134 valence electrons. The van der Waals surface area contributed by atoms with E-state index in [4.69, 9.17) is 9.97 Å². The fraction of sp³-hybridized carbons (Fsp3) is 0.524. The third kappa shape index (κ3) is 4.71. The van der Waals surface area contributed by atoms with Crippen molar-refractivity contribution in [3.05, 3.63) is 36.4 Å². The number of nitrogens with one attached hydrogen (secondary N) is 1. The van der Waals surface area contributed by atoms with Crippen LogP contribution in [-0.2, 0) is 0 Å². The highest BCUT2D eigenvalue weighted by atomic mass is 15.2. The molecule has 1 N–H and O–H groups in total. The first-order valence-electron chi connectivity index (χ1n) is 9.76. The Morgan fingerprint density at radius 3 is 2.28 bits per heavy atom. The lowest BCUT2D eigenvalue weighted by atomic mass is 10.1. The Morgan fingerprint density at radius 1 is 0.960 bits per heavy atom. The summed E-state index contributed by atoms with van der Waals surface area (Å²) >= 11 is 0. The lowest BCUT2D eigenvalue weighted by molar-refractivity contribution is 0.614. The van der Waals surface area contributed by atoms with Crippen LogP contribution < -0.4 is 10.2 Å². The molecule has 2 aromatic rings. The van der Waals surface area contributed by atoms with E-state index in [1.165, 1.54) is 38.5 Å². The third-order valence-corrected chi connectivity index (χ3v) is 5.06. The summed E-state index contributed by atoms with van der Waals surface area (Å²) in [6.07, 6.45) is 7.76. The van der Waals surface area contributed by atoms with Crippen LogP contribution in [0.4, 0.5) is 11.8 Å². The van der Waals surface area contributed by atoms with Crippen molar-refractivity contribution in [1.82, 2.24) is 9.97 Å². The number of benzene rings is 1. The predicted molar refractivity (Wildman–Crippen MR) is 106 cm³/mol. The summed E-state index contributed by atoms with van der Waals surface area (Å²) < 4.78 is 0. The fourth-order valence-electron chi connectivity index (χ4n) is 3.57. The summed E-state index contributed by atoms with van der Waals surface area (Å²) in [4.78, 5) is 11.9. The van der Waals surface area contributed by atoms with Gasteiger partial charge in [0, 0.05) is 30.8 Å². The van der Waals surface area contributed by atoms with E-state index in [0.29, 0.717) is 6.04 Å². The van der Waals surface area contributed by atoms with E-state index in [-0.39, 0.29) is 0 Å². The van der Waals surface area contributed by atoms with Gasteiger partial charge < -0.3 is 10.2 Å². The Labute approximate surface area is 151 Å². The van der Waals surface area contributed by atoms with Crippen molar-refractivity contribution in [2.75, 3.05) is 23.3 Å². The first-order valence-corrected chi connectivity index (χ1v) is 9.76. The van der Waals surface area contributed by atoms with Crippen molar-refractivity contribution in [2.45, 2.75) is 58.4 Å². The molecule has 1 aliphatic carbocycles. The van der Waals surface area contributed by atoms with Gasteiger partial charge in [-0.05, 0) is 26.7 Å². The van der Waals surface area contributed by atoms with E-state index >= 15 is 0 Å². The number of nitrogens with zero attached hydrogens (tertiary/aromatic N) is 3.